The number of amides is 1. The number of nitrogens with one attached hydrogen (secondary N) is 1. The van der Waals surface area contributed by atoms with Crippen molar-refractivity contribution in [2.45, 2.75) is 13.8 Å². The quantitative estimate of drug-likeness (QED) is 0.761. The molecule has 0 aromatic heterocycles. The van der Waals surface area contributed by atoms with Gasteiger partial charge in [0.2, 0.25) is 0 Å². The van der Waals surface area contributed by atoms with Gasteiger partial charge in [0.05, 0.1) is 19.9 Å². The van der Waals surface area contributed by atoms with Crippen LogP contribution in [0, 0.1) is 6.92 Å². The van der Waals surface area contributed by atoms with E-state index in [1.165, 1.54) is 7.11 Å². The third-order valence-electron chi connectivity index (χ3n) is 3.66. The fourth-order valence-electron chi connectivity index (χ4n) is 2.36. The minimum Gasteiger partial charge on any atom is -0.495 e. The molecule has 0 aliphatic carbocycles. The fraction of sp³-hybridized carbons (Fsp3) is 0.250. The molecule has 0 radical (unpaired) electrons. The van der Waals surface area contributed by atoms with Gasteiger partial charge in [-0.25, -0.2) is 0 Å². The van der Waals surface area contributed by atoms with Gasteiger partial charge in [-0.15, -0.1) is 0 Å². The lowest BCUT2D eigenvalue weighted by Crippen LogP contribution is -2.20. The smallest absolute Gasteiger partial charge is 0.262 e. The molecule has 0 spiro atoms. The van der Waals surface area contributed by atoms with Crippen molar-refractivity contribution in [2.24, 2.45) is 0 Å². The highest BCUT2D eigenvalue weighted by molar-refractivity contribution is 6.31. The number of methoxy groups -OCH3 is 2. The van der Waals surface area contributed by atoms with Gasteiger partial charge in [0.1, 0.15) is 5.75 Å². The van der Waals surface area contributed by atoms with E-state index in [9.17, 15) is 4.79 Å². The van der Waals surface area contributed by atoms with Crippen LogP contribution in [-0.4, -0.2) is 26.7 Å². The second-order valence-corrected chi connectivity index (χ2v) is 5.96. The molecule has 0 saturated heterocycles. The van der Waals surface area contributed by atoms with Crippen LogP contribution >= 0.6 is 11.6 Å². The minimum absolute atomic E-state index is 0.163. The van der Waals surface area contributed by atoms with Crippen molar-refractivity contribution in [1.29, 1.82) is 0 Å². The van der Waals surface area contributed by atoms with Gasteiger partial charge < -0.3 is 19.5 Å². The number of ether oxygens (including phenoxy) is 3. The van der Waals surface area contributed by atoms with Gasteiger partial charge >= 0.3 is 0 Å². The summed E-state index contributed by atoms with van der Waals surface area (Å²) in [6.07, 6.45) is 3.89. The number of hydrogen-bond donors (Lipinski definition) is 1. The molecule has 0 atom stereocenters. The number of allylic oxidation sites excluding steroid dienone is 1. The molecule has 2 aromatic carbocycles. The molecule has 0 bridgehead atoms. The van der Waals surface area contributed by atoms with E-state index in [-0.39, 0.29) is 12.5 Å². The lowest BCUT2D eigenvalue weighted by atomic mass is 10.2. The lowest BCUT2D eigenvalue weighted by Gasteiger charge is -2.14. The number of carbonyl (C=O) groups excluding carboxylic acids is 1. The number of hydrogen-bond acceptors (Lipinski definition) is 4. The highest BCUT2D eigenvalue weighted by atomic mass is 35.5. The summed E-state index contributed by atoms with van der Waals surface area (Å²) in [6.45, 7) is 3.63. The maximum atomic E-state index is 12.2. The number of anilines is 1. The zero-order chi connectivity index (χ0) is 19.1. The molecule has 2 rings (SSSR count). The first kappa shape index (κ1) is 19.7. The summed E-state index contributed by atoms with van der Waals surface area (Å²) in [6, 6.07) is 8.93. The summed E-state index contributed by atoms with van der Waals surface area (Å²) >= 11 is 6.07. The number of carbonyl (C=O) groups is 1. The molecule has 26 heavy (non-hydrogen) atoms. The maximum Gasteiger partial charge on any atom is 0.262 e. The molecule has 1 amide bonds. The van der Waals surface area contributed by atoms with E-state index in [2.05, 4.69) is 5.32 Å². The van der Waals surface area contributed by atoms with Gasteiger partial charge in [0.25, 0.3) is 5.91 Å². The van der Waals surface area contributed by atoms with Gasteiger partial charge in [-0.05, 0) is 43.2 Å². The van der Waals surface area contributed by atoms with Crippen molar-refractivity contribution in [2.75, 3.05) is 26.1 Å². The summed E-state index contributed by atoms with van der Waals surface area (Å²) < 4.78 is 16.2. The van der Waals surface area contributed by atoms with Crippen LogP contribution in [0.1, 0.15) is 18.1 Å². The lowest BCUT2D eigenvalue weighted by molar-refractivity contribution is -0.118. The van der Waals surface area contributed by atoms with Crippen LogP contribution in [0.3, 0.4) is 0 Å². The topological polar surface area (TPSA) is 56.8 Å². The Hall–Kier alpha value is -2.66. The summed E-state index contributed by atoms with van der Waals surface area (Å²) in [5, 5.41) is 3.34. The van der Waals surface area contributed by atoms with Crippen molar-refractivity contribution < 1.29 is 19.0 Å². The Balaban J connectivity index is 2.07. The van der Waals surface area contributed by atoms with Gasteiger partial charge in [0.15, 0.2) is 18.1 Å². The Kier molecular flexibility index (Phi) is 6.92. The van der Waals surface area contributed by atoms with Crippen LogP contribution in [0.15, 0.2) is 36.4 Å². The highest BCUT2D eigenvalue weighted by Crippen LogP contribution is 2.31. The molecular formula is C20H22ClNO4. The first-order chi connectivity index (χ1) is 12.5. The monoisotopic (exact) mass is 375 g/mol. The van der Waals surface area contributed by atoms with Crippen LogP contribution < -0.4 is 19.5 Å². The third-order valence-corrected chi connectivity index (χ3v) is 4.07. The standard InChI is InChI=1S/C20H22ClNO4/c1-5-6-14-7-8-17(19(10-14)25-4)26-12-20(23)22-16-9-13(2)15(21)11-18(16)24-3/h5-11H,12H2,1-4H3,(H,22,23)/b6-5+. The van der Waals surface area contributed by atoms with Crippen LogP contribution in [0.4, 0.5) is 5.69 Å². The molecular weight excluding hydrogens is 354 g/mol. The summed E-state index contributed by atoms with van der Waals surface area (Å²) in [7, 11) is 3.08. The molecule has 0 heterocycles. The molecule has 138 valence electrons. The van der Waals surface area contributed by atoms with E-state index >= 15 is 0 Å². The van der Waals surface area contributed by atoms with Crippen molar-refractivity contribution in [1.82, 2.24) is 0 Å². The zero-order valence-electron chi connectivity index (χ0n) is 15.3. The van der Waals surface area contributed by atoms with E-state index in [0.29, 0.717) is 28.0 Å². The average molecular weight is 376 g/mol. The molecule has 0 aliphatic heterocycles. The Labute approximate surface area is 158 Å². The predicted molar refractivity (Wildman–Crippen MR) is 105 cm³/mol. The van der Waals surface area contributed by atoms with E-state index < -0.39 is 0 Å². The van der Waals surface area contributed by atoms with E-state index in [1.807, 2.05) is 38.1 Å². The molecule has 5 nitrogen and oxygen atoms in total. The van der Waals surface area contributed by atoms with Crippen molar-refractivity contribution in [3.63, 3.8) is 0 Å². The third kappa shape index (κ3) is 4.92. The molecule has 0 aliphatic rings. The molecule has 0 saturated carbocycles. The van der Waals surface area contributed by atoms with Gasteiger partial charge in [-0.2, -0.15) is 0 Å². The zero-order valence-corrected chi connectivity index (χ0v) is 16.0. The molecule has 0 unspecified atom stereocenters. The molecule has 0 fully saturated rings. The SMILES string of the molecule is C/C=C/c1ccc(OCC(=O)Nc2cc(C)c(Cl)cc2OC)c(OC)c1. The van der Waals surface area contributed by atoms with Crippen molar-refractivity contribution in [3.8, 4) is 17.2 Å². The van der Waals surface area contributed by atoms with Crippen LogP contribution in [-0.2, 0) is 4.79 Å². The van der Waals surface area contributed by atoms with E-state index in [4.69, 9.17) is 25.8 Å². The van der Waals surface area contributed by atoms with Crippen LogP contribution in [0.2, 0.25) is 5.02 Å². The Morgan fingerprint density at radius 2 is 1.85 bits per heavy atom. The largest absolute Gasteiger partial charge is 0.495 e. The maximum absolute atomic E-state index is 12.2. The summed E-state index contributed by atoms with van der Waals surface area (Å²) in [5.74, 6) is 1.23. The summed E-state index contributed by atoms with van der Waals surface area (Å²) in [5.41, 5.74) is 2.37. The summed E-state index contributed by atoms with van der Waals surface area (Å²) in [4.78, 5) is 12.2. The number of rotatable bonds is 7. The van der Waals surface area contributed by atoms with E-state index in [0.717, 1.165) is 11.1 Å². The molecule has 6 heteroatoms. The minimum atomic E-state index is -0.315. The predicted octanol–water partition coefficient (Wildman–Crippen LogP) is 4.72. The fourth-order valence-corrected chi connectivity index (χ4v) is 2.51. The Morgan fingerprint density at radius 3 is 2.50 bits per heavy atom. The van der Waals surface area contributed by atoms with Gasteiger partial charge in [0, 0.05) is 11.1 Å². The van der Waals surface area contributed by atoms with Crippen molar-refractivity contribution in [3.05, 3.63) is 52.6 Å². The Morgan fingerprint density at radius 1 is 1.12 bits per heavy atom. The molecule has 2 aromatic rings. The Bertz CT molecular complexity index is 818. The van der Waals surface area contributed by atoms with Crippen molar-refractivity contribution >= 4 is 29.3 Å². The first-order valence-corrected chi connectivity index (χ1v) is 8.43. The second-order valence-electron chi connectivity index (χ2n) is 5.55. The van der Waals surface area contributed by atoms with Gasteiger partial charge in [-0.3, -0.25) is 4.79 Å². The average Bonchev–Trinajstić information content (AvgIpc) is 2.63. The van der Waals surface area contributed by atoms with Crippen LogP contribution in [0.25, 0.3) is 6.08 Å². The van der Waals surface area contributed by atoms with E-state index in [1.54, 1.807) is 25.3 Å². The number of halogens is 1. The first-order valence-electron chi connectivity index (χ1n) is 8.06. The number of benzene rings is 2. The van der Waals surface area contributed by atoms with Gasteiger partial charge in [-0.1, -0.05) is 29.8 Å². The highest BCUT2D eigenvalue weighted by Gasteiger charge is 2.12. The normalized spacial score (nSPS) is 10.7. The second kappa shape index (κ2) is 9.15. The van der Waals surface area contributed by atoms with Crippen LogP contribution in [0.5, 0.6) is 17.2 Å². The number of aryl methyl sites for hydroxylation is 1. The molecule has 1 N–H and O–H groups in total.